The molecule has 3 aromatic carbocycles. The van der Waals surface area contributed by atoms with Gasteiger partial charge in [-0.1, -0.05) is 55.3 Å². The molecule has 0 bridgehead atoms. The van der Waals surface area contributed by atoms with E-state index in [4.69, 9.17) is 4.98 Å². The van der Waals surface area contributed by atoms with E-state index in [0.717, 1.165) is 29.1 Å². The highest BCUT2D eigenvalue weighted by Crippen LogP contribution is 2.55. The van der Waals surface area contributed by atoms with Crippen LogP contribution in [0, 0.1) is 0 Å². The zero-order valence-electron chi connectivity index (χ0n) is 22.6. The van der Waals surface area contributed by atoms with Crippen molar-refractivity contribution in [3.63, 3.8) is 0 Å². The summed E-state index contributed by atoms with van der Waals surface area (Å²) < 4.78 is 0. The van der Waals surface area contributed by atoms with Crippen LogP contribution in [0.25, 0.3) is 44.5 Å². The van der Waals surface area contributed by atoms with Gasteiger partial charge in [0.1, 0.15) is 5.82 Å². The first-order valence-corrected chi connectivity index (χ1v) is 14.6. The minimum absolute atomic E-state index is 0.331. The summed E-state index contributed by atoms with van der Waals surface area (Å²) in [6, 6.07) is 21.1. The maximum Gasteiger partial charge on any atom is 0.124 e. The van der Waals surface area contributed by atoms with E-state index in [0.29, 0.717) is 11.5 Å². The molecule has 8 rings (SSSR count). The van der Waals surface area contributed by atoms with E-state index in [9.17, 15) is 0 Å². The summed E-state index contributed by atoms with van der Waals surface area (Å²) in [6.45, 7) is 1.15. The Morgan fingerprint density at radius 2 is 1.67 bits per heavy atom. The van der Waals surface area contributed by atoms with Gasteiger partial charge in [0.15, 0.2) is 0 Å². The molecule has 2 aromatic heterocycles. The molecule has 0 amide bonds. The van der Waals surface area contributed by atoms with E-state index >= 15 is 0 Å². The fraction of sp³-hybridized carbons (Fsp3) is 0.353. The topological polar surface area (TPSA) is 60.6 Å². The smallest absolute Gasteiger partial charge is 0.124 e. The average Bonchev–Trinajstić information content (AvgIpc) is 3.80. The minimum Gasteiger partial charge on any atom is -0.345 e. The van der Waals surface area contributed by atoms with Crippen LogP contribution in [0.3, 0.4) is 0 Å². The Hall–Kier alpha value is -3.70. The Morgan fingerprint density at radius 3 is 2.44 bits per heavy atom. The van der Waals surface area contributed by atoms with Gasteiger partial charge in [0, 0.05) is 0 Å². The molecule has 5 nitrogen and oxygen atoms in total. The lowest BCUT2D eigenvalue weighted by molar-refractivity contribution is 0.307. The molecule has 1 unspecified atom stereocenters. The van der Waals surface area contributed by atoms with Crippen molar-refractivity contribution < 1.29 is 0 Å². The second-order valence-electron chi connectivity index (χ2n) is 12.0. The van der Waals surface area contributed by atoms with E-state index in [1.807, 2.05) is 6.20 Å². The van der Waals surface area contributed by atoms with Crippen LogP contribution in [-0.4, -0.2) is 38.4 Å². The molecule has 1 spiro atoms. The summed E-state index contributed by atoms with van der Waals surface area (Å²) in [4.78, 5) is 18.5. The lowest BCUT2D eigenvalue weighted by Gasteiger charge is -2.28. The molecule has 2 N–H and O–H groups in total. The van der Waals surface area contributed by atoms with Crippen LogP contribution in [0.5, 0.6) is 0 Å². The first-order chi connectivity index (χ1) is 19.2. The van der Waals surface area contributed by atoms with E-state index in [-0.39, 0.29) is 0 Å². The van der Waals surface area contributed by atoms with Gasteiger partial charge in [-0.05, 0) is 109 Å². The molecule has 1 saturated carbocycles. The third kappa shape index (κ3) is 3.70. The monoisotopic (exact) mass is 513 g/mol. The van der Waals surface area contributed by atoms with E-state index in [2.05, 4.69) is 81.5 Å². The van der Waals surface area contributed by atoms with Crippen LogP contribution >= 0.6 is 0 Å². The summed E-state index contributed by atoms with van der Waals surface area (Å²) >= 11 is 0. The van der Waals surface area contributed by atoms with Gasteiger partial charge in [0.2, 0.25) is 0 Å². The third-order valence-corrected chi connectivity index (χ3v) is 9.91. The minimum atomic E-state index is 0.331. The van der Waals surface area contributed by atoms with Gasteiger partial charge in [0.05, 0.1) is 35.3 Å². The van der Waals surface area contributed by atoms with Gasteiger partial charge in [-0.15, -0.1) is 0 Å². The highest BCUT2D eigenvalue weighted by Gasteiger charge is 2.43. The molecule has 1 atom stereocenters. The van der Waals surface area contributed by atoms with Crippen molar-refractivity contribution >= 4 is 11.0 Å². The van der Waals surface area contributed by atoms with Crippen molar-refractivity contribution in [3.05, 3.63) is 84.1 Å². The molecule has 5 heteroatoms. The van der Waals surface area contributed by atoms with Crippen LogP contribution in [0.1, 0.15) is 67.9 Å². The summed E-state index contributed by atoms with van der Waals surface area (Å²) in [5.74, 6) is 1.12. The van der Waals surface area contributed by atoms with Crippen molar-refractivity contribution in [3.8, 4) is 33.5 Å². The van der Waals surface area contributed by atoms with Crippen molar-refractivity contribution in [2.75, 3.05) is 13.6 Å². The van der Waals surface area contributed by atoms with Gasteiger partial charge < -0.3 is 9.97 Å². The Kier molecular flexibility index (Phi) is 5.31. The molecule has 3 aliphatic rings. The van der Waals surface area contributed by atoms with Crippen molar-refractivity contribution in [1.29, 1.82) is 0 Å². The number of H-pyrrole nitrogens is 2. The SMILES string of the molecule is CN1CCCC1c1nc2ccc(-c3ccc(-c4ccc(-c5cnc[nH]5)cc4)c4c3C3(CCCC3)CC4)cc2[nH]1. The van der Waals surface area contributed by atoms with Crippen LogP contribution < -0.4 is 0 Å². The van der Waals surface area contributed by atoms with Crippen molar-refractivity contribution in [2.45, 2.75) is 62.8 Å². The van der Waals surface area contributed by atoms with Gasteiger partial charge >= 0.3 is 0 Å². The number of hydrogen-bond donors (Lipinski definition) is 2. The second kappa shape index (κ2) is 8.92. The number of aromatic amines is 2. The first kappa shape index (κ1) is 23.2. The van der Waals surface area contributed by atoms with Crippen molar-refractivity contribution in [2.24, 2.45) is 0 Å². The molecule has 5 aromatic rings. The molecular formula is C34H35N5. The molecule has 2 fully saturated rings. The number of likely N-dealkylation sites (tertiary alicyclic amines) is 1. The molecular weight excluding hydrogens is 478 g/mol. The number of hydrogen-bond acceptors (Lipinski definition) is 3. The fourth-order valence-electron chi connectivity index (χ4n) is 7.92. The average molecular weight is 514 g/mol. The summed E-state index contributed by atoms with van der Waals surface area (Å²) in [6.07, 6.45) is 13.8. The van der Waals surface area contributed by atoms with Crippen LogP contribution in [0.4, 0.5) is 0 Å². The maximum atomic E-state index is 5.00. The lowest BCUT2D eigenvalue weighted by Crippen LogP contribution is -2.19. The summed E-state index contributed by atoms with van der Waals surface area (Å²) in [5, 5.41) is 0. The second-order valence-corrected chi connectivity index (χ2v) is 12.0. The quantitative estimate of drug-likeness (QED) is 0.258. The molecule has 1 aliphatic heterocycles. The number of imidazole rings is 2. The molecule has 39 heavy (non-hydrogen) atoms. The van der Waals surface area contributed by atoms with E-state index in [1.165, 1.54) is 79.2 Å². The standard InChI is InChI=1S/C34H35N5/c1-39-18-4-5-31(39)33-37-28-13-10-24(19-29(28)38-33)26-12-11-25(27-14-17-34(32(26)27)15-2-3-16-34)22-6-8-23(9-7-22)30-20-35-21-36-30/h6-13,19-21,31H,2-5,14-18H2,1H3,(H,35,36)(H,37,38). The molecule has 3 heterocycles. The normalized spacial score (nSPS) is 20.4. The number of rotatable bonds is 4. The van der Waals surface area contributed by atoms with Crippen LogP contribution in [0.2, 0.25) is 0 Å². The highest BCUT2D eigenvalue weighted by atomic mass is 15.2. The third-order valence-electron chi connectivity index (χ3n) is 9.91. The Bertz CT molecular complexity index is 1650. The molecule has 196 valence electrons. The van der Waals surface area contributed by atoms with E-state index < -0.39 is 0 Å². The predicted molar refractivity (Wildman–Crippen MR) is 158 cm³/mol. The Morgan fingerprint density at radius 1 is 0.872 bits per heavy atom. The van der Waals surface area contributed by atoms with Gasteiger partial charge in [0.25, 0.3) is 0 Å². The summed E-state index contributed by atoms with van der Waals surface area (Å²) in [7, 11) is 2.22. The first-order valence-electron chi connectivity index (χ1n) is 14.6. The number of nitrogens with zero attached hydrogens (tertiary/aromatic N) is 3. The number of benzene rings is 3. The largest absolute Gasteiger partial charge is 0.345 e. The Balaban J connectivity index is 1.23. The number of nitrogens with one attached hydrogen (secondary N) is 2. The molecule has 2 aliphatic carbocycles. The van der Waals surface area contributed by atoms with Crippen LogP contribution in [-0.2, 0) is 11.8 Å². The zero-order chi connectivity index (χ0) is 26.0. The number of fused-ring (bicyclic) bond motifs is 3. The zero-order valence-corrected chi connectivity index (χ0v) is 22.6. The van der Waals surface area contributed by atoms with Crippen LogP contribution in [0.15, 0.2) is 67.1 Å². The van der Waals surface area contributed by atoms with Gasteiger partial charge in [-0.3, -0.25) is 4.90 Å². The van der Waals surface area contributed by atoms with Gasteiger partial charge in [-0.25, -0.2) is 9.97 Å². The molecule has 0 radical (unpaired) electrons. The number of aromatic nitrogens is 4. The maximum absolute atomic E-state index is 5.00. The fourth-order valence-corrected chi connectivity index (χ4v) is 7.92. The summed E-state index contributed by atoms with van der Waals surface area (Å²) in [5.41, 5.74) is 13.5. The highest BCUT2D eigenvalue weighted by molar-refractivity contribution is 5.86. The van der Waals surface area contributed by atoms with Crippen molar-refractivity contribution in [1.82, 2.24) is 24.8 Å². The van der Waals surface area contributed by atoms with Gasteiger partial charge in [-0.2, -0.15) is 0 Å². The molecule has 1 saturated heterocycles. The Labute approximate surface area is 229 Å². The predicted octanol–water partition coefficient (Wildman–Crippen LogP) is 7.81. The van der Waals surface area contributed by atoms with E-state index in [1.54, 1.807) is 17.5 Å². The lowest BCUT2D eigenvalue weighted by atomic mass is 9.76.